The van der Waals surface area contributed by atoms with E-state index in [0.29, 0.717) is 10.9 Å². The summed E-state index contributed by atoms with van der Waals surface area (Å²) >= 11 is 23.0. The van der Waals surface area contributed by atoms with Crippen LogP contribution in [0.2, 0.25) is 20.6 Å². The summed E-state index contributed by atoms with van der Waals surface area (Å²) in [6, 6.07) is 0. The van der Waals surface area contributed by atoms with Gasteiger partial charge in [0.15, 0.2) is 0 Å². The van der Waals surface area contributed by atoms with Gasteiger partial charge in [0.05, 0.1) is 5.39 Å². The molecule has 14 heavy (non-hydrogen) atoms. The Morgan fingerprint density at radius 1 is 0.929 bits per heavy atom. The summed E-state index contributed by atoms with van der Waals surface area (Å²) in [5.74, 6) is 0. The van der Waals surface area contributed by atoms with E-state index in [1.807, 2.05) is 0 Å². The third-order valence-corrected chi connectivity index (χ3v) is 2.77. The number of hydrogen-bond acceptors (Lipinski definition) is 3. The lowest BCUT2D eigenvalue weighted by Crippen LogP contribution is -1.89. The molecule has 0 aliphatic carbocycles. The number of fused-ring (bicyclic) bond motifs is 1. The first-order chi connectivity index (χ1) is 6.59. The van der Waals surface area contributed by atoms with Crippen LogP contribution in [0.15, 0.2) is 6.20 Å². The Balaban J connectivity index is 2.95. The second-order valence-corrected chi connectivity index (χ2v) is 3.84. The predicted octanol–water partition coefficient (Wildman–Crippen LogP) is 3.64. The molecule has 0 bridgehead atoms. The van der Waals surface area contributed by atoms with Gasteiger partial charge >= 0.3 is 0 Å². The monoisotopic (exact) mass is 267 g/mol. The molecule has 2 aromatic rings. The molecular weight excluding hydrogens is 268 g/mol. The van der Waals surface area contributed by atoms with Crippen molar-refractivity contribution in [3.63, 3.8) is 0 Å². The zero-order valence-corrected chi connectivity index (χ0v) is 9.45. The maximum atomic E-state index is 5.87. The van der Waals surface area contributed by atoms with Crippen molar-refractivity contribution in [3.05, 3.63) is 26.8 Å². The molecule has 0 atom stereocenters. The summed E-state index contributed by atoms with van der Waals surface area (Å²) in [5, 5.41) is 1.11. The normalized spacial score (nSPS) is 10.9. The predicted molar refractivity (Wildman–Crippen MR) is 57.4 cm³/mol. The fourth-order valence-electron chi connectivity index (χ4n) is 0.974. The van der Waals surface area contributed by atoms with Crippen molar-refractivity contribution in [2.45, 2.75) is 0 Å². The first-order valence-corrected chi connectivity index (χ1v) is 4.93. The zero-order valence-electron chi connectivity index (χ0n) is 6.43. The van der Waals surface area contributed by atoms with Gasteiger partial charge < -0.3 is 0 Å². The molecule has 0 aliphatic rings. The van der Waals surface area contributed by atoms with Crippen LogP contribution < -0.4 is 0 Å². The lowest BCUT2D eigenvalue weighted by Gasteiger charge is -2.02. The third kappa shape index (κ3) is 1.61. The molecular formula is C7HCl4N3. The third-order valence-electron chi connectivity index (χ3n) is 1.57. The molecule has 3 nitrogen and oxygen atoms in total. The van der Waals surface area contributed by atoms with Gasteiger partial charge in [-0.3, -0.25) is 0 Å². The number of pyridine rings is 1. The number of nitrogens with zero attached hydrogens (tertiary/aromatic N) is 3. The Bertz CT molecular complexity index is 514. The first kappa shape index (κ1) is 10.2. The molecule has 7 heteroatoms. The van der Waals surface area contributed by atoms with E-state index in [4.69, 9.17) is 46.4 Å². The topological polar surface area (TPSA) is 38.7 Å². The average Bonchev–Trinajstić information content (AvgIpc) is 2.12. The highest BCUT2D eigenvalue weighted by Gasteiger charge is 2.11. The number of hydrogen-bond donors (Lipinski definition) is 0. The van der Waals surface area contributed by atoms with Crippen LogP contribution in [0.1, 0.15) is 0 Å². The average molecular weight is 269 g/mol. The minimum Gasteiger partial charge on any atom is -0.242 e. The van der Waals surface area contributed by atoms with E-state index in [1.165, 1.54) is 6.20 Å². The van der Waals surface area contributed by atoms with Crippen molar-refractivity contribution in [1.82, 2.24) is 15.0 Å². The van der Waals surface area contributed by atoms with Gasteiger partial charge in [-0.15, -0.1) is 0 Å². The van der Waals surface area contributed by atoms with Crippen LogP contribution in [0, 0.1) is 0 Å². The van der Waals surface area contributed by atoms with Crippen LogP contribution in [-0.4, -0.2) is 15.0 Å². The van der Waals surface area contributed by atoms with E-state index < -0.39 is 0 Å². The smallest absolute Gasteiger partial charge is 0.224 e. The van der Waals surface area contributed by atoms with Gasteiger partial charge in [-0.2, -0.15) is 0 Å². The summed E-state index contributed by atoms with van der Waals surface area (Å²) < 4.78 is 0. The Labute approximate surface area is 99.0 Å². The fraction of sp³-hybridized carbons (Fsp3) is 0. The number of aromatic nitrogens is 3. The van der Waals surface area contributed by atoms with Crippen molar-refractivity contribution in [1.29, 1.82) is 0 Å². The molecule has 0 radical (unpaired) electrons. The molecule has 2 rings (SSSR count). The zero-order chi connectivity index (χ0) is 10.3. The molecule has 2 heterocycles. The number of halogens is 4. The molecule has 0 saturated heterocycles. The molecule has 72 valence electrons. The molecule has 0 aliphatic heterocycles. The highest BCUT2D eigenvalue weighted by atomic mass is 35.5. The fourth-order valence-corrected chi connectivity index (χ4v) is 1.74. The SMILES string of the molecule is Clc1nc(Cl)c2cnc(Cl)c(Cl)c2n1. The number of rotatable bonds is 0. The Hall–Kier alpha value is -0.350. The summed E-state index contributed by atoms with van der Waals surface area (Å²) in [5.41, 5.74) is 0.400. The minimum atomic E-state index is 0.0201. The van der Waals surface area contributed by atoms with Gasteiger partial charge in [0, 0.05) is 6.20 Å². The summed E-state index contributed by atoms with van der Waals surface area (Å²) in [6.07, 6.45) is 1.45. The van der Waals surface area contributed by atoms with Crippen molar-refractivity contribution in [2.24, 2.45) is 0 Å². The van der Waals surface area contributed by atoms with Gasteiger partial charge in [-0.25, -0.2) is 15.0 Å². The Morgan fingerprint density at radius 3 is 2.36 bits per heavy atom. The molecule has 0 N–H and O–H groups in total. The van der Waals surface area contributed by atoms with Gasteiger partial charge in [0.1, 0.15) is 20.8 Å². The van der Waals surface area contributed by atoms with Gasteiger partial charge in [-0.1, -0.05) is 34.8 Å². The second-order valence-electron chi connectivity index (χ2n) is 2.41. The molecule has 2 aromatic heterocycles. The Morgan fingerprint density at radius 2 is 1.64 bits per heavy atom. The molecule has 0 aromatic carbocycles. The quantitative estimate of drug-likeness (QED) is 0.416. The molecule has 0 saturated carbocycles. The molecule has 0 fully saturated rings. The highest BCUT2D eigenvalue weighted by molar-refractivity contribution is 6.45. The first-order valence-electron chi connectivity index (χ1n) is 3.42. The van der Waals surface area contributed by atoms with E-state index in [9.17, 15) is 0 Å². The van der Waals surface area contributed by atoms with Crippen molar-refractivity contribution < 1.29 is 0 Å². The van der Waals surface area contributed by atoms with Gasteiger partial charge in [0.2, 0.25) is 5.28 Å². The molecule has 0 spiro atoms. The van der Waals surface area contributed by atoms with Crippen LogP contribution in [0.3, 0.4) is 0 Å². The lowest BCUT2D eigenvalue weighted by atomic mass is 10.3. The van der Waals surface area contributed by atoms with E-state index in [1.54, 1.807) is 0 Å². The standard InChI is InChI=1S/C7HCl4N3/c8-3-4-2(1-12-6(3)10)5(9)14-7(11)13-4/h1H. The van der Waals surface area contributed by atoms with E-state index >= 15 is 0 Å². The van der Waals surface area contributed by atoms with Crippen molar-refractivity contribution >= 4 is 57.3 Å². The summed E-state index contributed by atoms with van der Waals surface area (Å²) in [6.45, 7) is 0. The lowest BCUT2D eigenvalue weighted by molar-refractivity contribution is 1.21. The van der Waals surface area contributed by atoms with Crippen LogP contribution in [-0.2, 0) is 0 Å². The van der Waals surface area contributed by atoms with Crippen molar-refractivity contribution in [2.75, 3.05) is 0 Å². The maximum absolute atomic E-state index is 5.87. The second kappa shape index (κ2) is 3.66. The highest BCUT2D eigenvalue weighted by Crippen LogP contribution is 2.30. The van der Waals surface area contributed by atoms with Crippen LogP contribution >= 0.6 is 46.4 Å². The van der Waals surface area contributed by atoms with Crippen LogP contribution in [0.5, 0.6) is 0 Å². The largest absolute Gasteiger partial charge is 0.242 e. The molecule has 0 amide bonds. The Kier molecular flexibility index (Phi) is 2.66. The minimum absolute atomic E-state index is 0.0201. The summed E-state index contributed by atoms with van der Waals surface area (Å²) in [7, 11) is 0. The maximum Gasteiger partial charge on any atom is 0.224 e. The van der Waals surface area contributed by atoms with Crippen LogP contribution in [0.4, 0.5) is 0 Å². The van der Waals surface area contributed by atoms with E-state index in [-0.39, 0.29) is 20.6 Å². The van der Waals surface area contributed by atoms with Gasteiger partial charge in [0.25, 0.3) is 0 Å². The molecule has 0 unspecified atom stereocenters. The van der Waals surface area contributed by atoms with E-state index in [0.717, 1.165) is 0 Å². The van der Waals surface area contributed by atoms with Crippen LogP contribution in [0.25, 0.3) is 10.9 Å². The van der Waals surface area contributed by atoms with E-state index in [2.05, 4.69) is 15.0 Å². The van der Waals surface area contributed by atoms with Gasteiger partial charge in [-0.05, 0) is 11.6 Å². The summed E-state index contributed by atoms with van der Waals surface area (Å²) in [4.78, 5) is 11.5. The van der Waals surface area contributed by atoms with Crippen molar-refractivity contribution in [3.8, 4) is 0 Å².